The van der Waals surface area contributed by atoms with E-state index in [1.54, 1.807) is 31.3 Å². The van der Waals surface area contributed by atoms with Gasteiger partial charge in [0.15, 0.2) is 0 Å². The van der Waals surface area contributed by atoms with Gasteiger partial charge in [-0.1, -0.05) is 30.3 Å². The van der Waals surface area contributed by atoms with Gasteiger partial charge in [-0.3, -0.25) is 9.59 Å². The number of carbonyl (C=O) groups is 2. The Morgan fingerprint density at radius 2 is 1.40 bits per heavy atom. The molecule has 3 rings (SSSR count). The summed E-state index contributed by atoms with van der Waals surface area (Å²) in [5.74, 6) is 1.05. The summed E-state index contributed by atoms with van der Waals surface area (Å²) in [5, 5.41) is 0. The Morgan fingerprint density at radius 1 is 0.900 bits per heavy atom. The van der Waals surface area contributed by atoms with Gasteiger partial charge in [-0.2, -0.15) is 0 Å². The molecule has 6 nitrogen and oxygen atoms in total. The molecular weight excluding hydrogens is 448 g/mol. The lowest BCUT2D eigenvalue weighted by atomic mass is 9.83. The second-order valence-corrected chi connectivity index (χ2v) is 8.56. The maximum absolute atomic E-state index is 13.2. The first-order valence-corrected chi connectivity index (χ1v) is 10.6. The van der Waals surface area contributed by atoms with Crippen molar-refractivity contribution < 1.29 is 19.1 Å². The van der Waals surface area contributed by atoms with E-state index >= 15 is 0 Å². The lowest BCUT2D eigenvalue weighted by Crippen LogP contribution is -2.54. The van der Waals surface area contributed by atoms with Crippen molar-refractivity contribution in [3.8, 4) is 11.5 Å². The minimum absolute atomic E-state index is 0.0766. The average Bonchev–Trinajstić information content (AvgIpc) is 2.79. The van der Waals surface area contributed by atoms with Crippen molar-refractivity contribution in [2.75, 3.05) is 40.4 Å². The fourth-order valence-corrected chi connectivity index (χ4v) is 4.21. The quantitative estimate of drug-likeness (QED) is 0.662. The lowest BCUT2D eigenvalue weighted by molar-refractivity contribution is -0.137. The highest BCUT2D eigenvalue weighted by Gasteiger charge is 2.35. The van der Waals surface area contributed by atoms with Gasteiger partial charge >= 0.3 is 0 Å². The average molecular weight is 475 g/mol. The molecule has 0 spiro atoms. The van der Waals surface area contributed by atoms with Crippen LogP contribution in [0.25, 0.3) is 0 Å². The van der Waals surface area contributed by atoms with Gasteiger partial charge in [0.25, 0.3) is 5.91 Å². The third-order valence-corrected chi connectivity index (χ3v) is 6.36. The molecule has 2 aromatic carbocycles. The Kier molecular flexibility index (Phi) is 6.71. The van der Waals surface area contributed by atoms with Gasteiger partial charge in [0.1, 0.15) is 16.0 Å². The predicted molar refractivity (Wildman–Crippen MR) is 119 cm³/mol. The van der Waals surface area contributed by atoms with E-state index in [-0.39, 0.29) is 11.8 Å². The van der Waals surface area contributed by atoms with Crippen LogP contribution in [0.4, 0.5) is 0 Å². The fraction of sp³-hybridized carbons (Fsp3) is 0.391. The zero-order chi connectivity index (χ0) is 21.9. The minimum Gasteiger partial charge on any atom is -0.495 e. The summed E-state index contributed by atoms with van der Waals surface area (Å²) < 4.78 is 11.4. The van der Waals surface area contributed by atoms with E-state index in [1.807, 2.05) is 49.1 Å². The van der Waals surface area contributed by atoms with Crippen LogP contribution < -0.4 is 9.47 Å². The van der Waals surface area contributed by atoms with Crippen molar-refractivity contribution in [2.45, 2.75) is 19.3 Å². The number of hydrogen-bond acceptors (Lipinski definition) is 4. The molecule has 0 radical (unpaired) electrons. The van der Waals surface area contributed by atoms with Crippen LogP contribution in [0.3, 0.4) is 0 Å². The van der Waals surface area contributed by atoms with Gasteiger partial charge in [0.2, 0.25) is 5.91 Å². The molecule has 2 aromatic rings. The Balaban J connectivity index is 1.70. The van der Waals surface area contributed by atoms with E-state index in [4.69, 9.17) is 9.47 Å². The van der Waals surface area contributed by atoms with E-state index < -0.39 is 5.41 Å². The maximum atomic E-state index is 13.2. The number of nitrogens with zero attached hydrogens (tertiary/aromatic N) is 2. The van der Waals surface area contributed by atoms with E-state index in [2.05, 4.69) is 15.9 Å². The second-order valence-electron chi connectivity index (χ2n) is 7.77. The summed E-state index contributed by atoms with van der Waals surface area (Å²) in [5.41, 5.74) is 0.874. The van der Waals surface area contributed by atoms with Crippen molar-refractivity contribution in [1.29, 1.82) is 0 Å². The highest BCUT2D eigenvalue weighted by atomic mass is 79.9. The number of rotatable bonds is 5. The Labute approximate surface area is 185 Å². The molecule has 1 fully saturated rings. The summed E-state index contributed by atoms with van der Waals surface area (Å²) in [6, 6.07) is 13.2. The molecule has 0 aliphatic carbocycles. The summed E-state index contributed by atoms with van der Waals surface area (Å²) in [4.78, 5) is 29.8. The molecule has 30 heavy (non-hydrogen) atoms. The van der Waals surface area contributed by atoms with Crippen molar-refractivity contribution in [3.05, 3.63) is 58.1 Å². The van der Waals surface area contributed by atoms with Crippen LogP contribution in [0.1, 0.15) is 29.8 Å². The fourth-order valence-electron chi connectivity index (χ4n) is 3.66. The maximum Gasteiger partial charge on any atom is 0.254 e. The van der Waals surface area contributed by atoms with Crippen LogP contribution in [0.5, 0.6) is 11.5 Å². The number of piperazine rings is 1. The largest absolute Gasteiger partial charge is 0.495 e. The summed E-state index contributed by atoms with van der Waals surface area (Å²) in [7, 11) is 3.10. The Morgan fingerprint density at radius 3 is 1.90 bits per heavy atom. The van der Waals surface area contributed by atoms with E-state index in [0.29, 0.717) is 47.7 Å². The van der Waals surface area contributed by atoms with Crippen LogP contribution in [0, 0.1) is 0 Å². The van der Waals surface area contributed by atoms with Crippen molar-refractivity contribution in [2.24, 2.45) is 0 Å². The highest BCUT2D eigenvalue weighted by molar-refractivity contribution is 9.10. The zero-order valence-corrected chi connectivity index (χ0v) is 19.4. The smallest absolute Gasteiger partial charge is 0.254 e. The molecule has 0 bridgehead atoms. The number of methoxy groups -OCH3 is 2. The first-order chi connectivity index (χ1) is 14.3. The molecule has 0 aromatic heterocycles. The summed E-state index contributed by atoms with van der Waals surface area (Å²) in [6.45, 7) is 5.87. The van der Waals surface area contributed by atoms with Crippen LogP contribution >= 0.6 is 15.9 Å². The molecule has 1 aliphatic rings. The first kappa shape index (κ1) is 22.2. The van der Waals surface area contributed by atoms with Crippen LogP contribution in [0.2, 0.25) is 0 Å². The molecule has 0 saturated carbocycles. The molecular formula is C23H27BrN2O4. The number of benzene rings is 2. The van der Waals surface area contributed by atoms with Crippen LogP contribution in [-0.4, -0.2) is 62.0 Å². The normalized spacial score (nSPS) is 14.4. The molecule has 7 heteroatoms. The van der Waals surface area contributed by atoms with E-state index in [0.717, 1.165) is 5.56 Å². The number of carbonyl (C=O) groups excluding carboxylic acids is 2. The highest BCUT2D eigenvalue weighted by Crippen LogP contribution is 2.36. The van der Waals surface area contributed by atoms with Crippen LogP contribution in [0.15, 0.2) is 46.9 Å². The number of ether oxygens (including phenoxy) is 2. The minimum atomic E-state index is -0.611. The van der Waals surface area contributed by atoms with Crippen molar-refractivity contribution >= 4 is 27.7 Å². The van der Waals surface area contributed by atoms with E-state index in [1.165, 1.54) is 0 Å². The lowest BCUT2D eigenvalue weighted by Gasteiger charge is -2.39. The Bertz CT molecular complexity index is 897. The van der Waals surface area contributed by atoms with Crippen LogP contribution in [-0.2, 0) is 10.2 Å². The standard InChI is InChI=1S/C23H27BrN2O4/c1-23(2,17-8-6-5-7-9-17)22(28)26-12-10-25(11-13-26)21(27)16-14-18(29-3)20(24)19(15-16)30-4/h5-9,14-15H,10-13H2,1-4H3. The van der Waals surface area contributed by atoms with Gasteiger partial charge in [-0.15, -0.1) is 0 Å². The van der Waals surface area contributed by atoms with Gasteiger partial charge < -0.3 is 19.3 Å². The summed E-state index contributed by atoms with van der Waals surface area (Å²) in [6.07, 6.45) is 0. The molecule has 0 N–H and O–H groups in total. The molecule has 1 heterocycles. The molecule has 1 saturated heterocycles. The van der Waals surface area contributed by atoms with Gasteiger partial charge in [0, 0.05) is 31.7 Å². The number of hydrogen-bond donors (Lipinski definition) is 0. The topological polar surface area (TPSA) is 59.1 Å². The number of amides is 2. The zero-order valence-electron chi connectivity index (χ0n) is 17.8. The van der Waals surface area contributed by atoms with Gasteiger partial charge in [0.05, 0.1) is 19.6 Å². The predicted octanol–water partition coefficient (Wildman–Crippen LogP) is 3.73. The molecule has 160 valence electrons. The third kappa shape index (κ3) is 4.31. The SMILES string of the molecule is COc1cc(C(=O)N2CCN(C(=O)C(C)(C)c3ccccc3)CC2)cc(OC)c1Br. The Hall–Kier alpha value is -2.54. The molecule has 0 atom stereocenters. The second kappa shape index (κ2) is 9.08. The van der Waals surface area contributed by atoms with Gasteiger partial charge in [-0.05, 0) is 47.5 Å². The van der Waals surface area contributed by atoms with E-state index in [9.17, 15) is 9.59 Å². The third-order valence-electron chi connectivity index (χ3n) is 5.58. The van der Waals surface area contributed by atoms with Crippen molar-refractivity contribution in [1.82, 2.24) is 9.80 Å². The number of halogens is 1. The first-order valence-electron chi connectivity index (χ1n) is 9.85. The molecule has 2 amide bonds. The summed E-state index contributed by atoms with van der Waals surface area (Å²) >= 11 is 3.42. The van der Waals surface area contributed by atoms with Crippen molar-refractivity contribution in [3.63, 3.8) is 0 Å². The monoisotopic (exact) mass is 474 g/mol. The molecule has 1 aliphatic heterocycles. The molecule has 0 unspecified atom stereocenters. The van der Waals surface area contributed by atoms with Gasteiger partial charge in [-0.25, -0.2) is 0 Å².